The fraction of sp³-hybridized carbons (Fsp3) is 0. The maximum atomic E-state index is 11.0. The number of nitrogens with two attached hydrogens (primary N) is 1. The molecule has 2 nitrogen and oxygen atoms in total. The van der Waals surface area contributed by atoms with Gasteiger partial charge in [-0.05, 0) is 29.8 Å². The average Bonchev–Trinajstić information content (AvgIpc) is 2.32. The van der Waals surface area contributed by atoms with Crippen molar-refractivity contribution in [3.8, 4) is 0 Å². The Labute approximate surface area is 76.5 Å². The molecule has 0 amide bonds. The van der Waals surface area contributed by atoms with Crippen LogP contribution in [0.1, 0.15) is 15.9 Å². The molecule has 1 aromatic carbocycles. The number of allylic oxidation sites excluding steroid dienone is 1. The minimum absolute atomic E-state index is 0. The average molecular weight is 182 g/mol. The number of benzene rings is 1. The third-order valence-corrected chi connectivity index (χ3v) is 1.76. The highest BCUT2D eigenvalue weighted by atomic mass is 35.5. The molecule has 0 radical (unpaired) electrons. The SMILES string of the molecule is Cl.Nc1ccc2c(c1)C=CC2=O. The number of fused-ring (bicyclic) bond motifs is 1. The molecular formula is C9H8ClNO. The number of carbonyl (C=O) groups is 1. The number of anilines is 1. The Hall–Kier alpha value is -1.28. The van der Waals surface area contributed by atoms with Crippen LogP contribution in [0.4, 0.5) is 5.69 Å². The standard InChI is InChI=1S/C9H7NO.ClH/c10-7-2-3-8-6(5-7)1-4-9(8)11;/h1-5H,10H2;1H. The first-order valence-corrected chi connectivity index (χ1v) is 3.39. The lowest BCUT2D eigenvalue weighted by Gasteiger charge is -1.97. The van der Waals surface area contributed by atoms with E-state index >= 15 is 0 Å². The zero-order valence-electron chi connectivity index (χ0n) is 6.28. The van der Waals surface area contributed by atoms with Crippen LogP contribution in [-0.4, -0.2) is 5.78 Å². The molecule has 1 aliphatic carbocycles. The van der Waals surface area contributed by atoms with Gasteiger partial charge in [0.05, 0.1) is 0 Å². The van der Waals surface area contributed by atoms with Crippen molar-refractivity contribution in [1.29, 1.82) is 0 Å². The minimum Gasteiger partial charge on any atom is -0.399 e. The monoisotopic (exact) mass is 181 g/mol. The Kier molecular flexibility index (Phi) is 2.20. The highest BCUT2D eigenvalue weighted by Crippen LogP contribution is 2.21. The number of halogens is 1. The Bertz CT molecular complexity index is 358. The first-order chi connectivity index (χ1) is 5.27. The number of nitrogen functional groups attached to an aromatic ring is 1. The maximum Gasteiger partial charge on any atom is 0.186 e. The van der Waals surface area contributed by atoms with Gasteiger partial charge in [0.2, 0.25) is 0 Å². The zero-order valence-corrected chi connectivity index (χ0v) is 7.10. The van der Waals surface area contributed by atoms with Crippen LogP contribution < -0.4 is 5.73 Å². The van der Waals surface area contributed by atoms with Crippen molar-refractivity contribution in [2.75, 3.05) is 5.73 Å². The van der Waals surface area contributed by atoms with E-state index in [4.69, 9.17) is 5.73 Å². The Balaban J connectivity index is 0.000000720. The van der Waals surface area contributed by atoms with E-state index in [9.17, 15) is 4.79 Å². The first kappa shape index (κ1) is 8.81. The number of hydrogen-bond donors (Lipinski definition) is 1. The number of rotatable bonds is 0. The third-order valence-electron chi connectivity index (χ3n) is 1.76. The lowest BCUT2D eigenvalue weighted by atomic mass is 10.1. The smallest absolute Gasteiger partial charge is 0.186 e. The molecule has 3 heteroatoms. The summed E-state index contributed by atoms with van der Waals surface area (Å²) in [4.78, 5) is 11.0. The predicted molar refractivity (Wildman–Crippen MR) is 51.5 cm³/mol. The van der Waals surface area contributed by atoms with E-state index in [1.165, 1.54) is 0 Å². The van der Waals surface area contributed by atoms with E-state index in [1.54, 1.807) is 30.4 Å². The summed E-state index contributed by atoms with van der Waals surface area (Å²) in [6.07, 6.45) is 3.35. The van der Waals surface area contributed by atoms with E-state index in [0.29, 0.717) is 5.69 Å². The summed E-state index contributed by atoms with van der Waals surface area (Å²) in [5.74, 6) is 0.0694. The van der Waals surface area contributed by atoms with Crippen molar-refractivity contribution in [3.05, 3.63) is 35.4 Å². The molecule has 2 rings (SSSR count). The molecule has 62 valence electrons. The summed E-state index contributed by atoms with van der Waals surface area (Å²) in [5.41, 5.74) is 7.90. The van der Waals surface area contributed by atoms with E-state index in [1.807, 2.05) is 0 Å². The largest absolute Gasteiger partial charge is 0.399 e. The van der Waals surface area contributed by atoms with Gasteiger partial charge in [-0.1, -0.05) is 6.08 Å². The van der Waals surface area contributed by atoms with Crippen molar-refractivity contribution in [1.82, 2.24) is 0 Å². The summed E-state index contributed by atoms with van der Waals surface area (Å²) >= 11 is 0. The van der Waals surface area contributed by atoms with Crippen molar-refractivity contribution in [2.24, 2.45) is 0 Å². The second-order valence-electron chi connectivity index (χ2n) is 2.54. The lowest BCUT2D eigenvalue weighted by molar-refractivity contribution is 0.105. The van der Waals surface area contributed by atoms with Gasteiger partial charge in [0.1, 0.15) is 0 Å². The summed E-state index contributed by atoms with van der Waals surface area (Å²) in [6, 6.07) is 5.30. The molecule has 0 aromatic heterocycles. The molecule has 0 saturated heterocycles. The van der Waals surface area contributed by atoms with Gasteiger partial charge in [0, 0.05) is 11.3 Å². The summed E-state index contributed by atoms with van der Waals surface area (Å²) in [5, 5.41) is 0. The normalized spacial score (nSPS) is 12.5. The predicted octanol–water partition coefficient (Wildman–Crippen LogP) is 1.90. The molecule has 0 heterocycles. The van der Waals surface area contributed by atoms with Crippen LogP contribution >= 0.6 is 12.4 Å². The fourth-order valence-electron chi connectivity index (χ4n) is 1.20. The zero-order chi connectivity index (χ0) is 7.84. The van der Waals surface area contributed by atoms with E-state index in [0.717, 1.165) is 11.1 Å². The molecular weight excluding hydrogens is 174 g/mol. The number of hydrogen-bond acceptors (Lipinski definition) is 2. The van der Waals surface area contributed by atoms with Crippen LogP contribution in [0.3, 0.4) is 0 Å². The lowest BCUT2D eigenvalue weighted by Crippen LogP contribution is -1.92. The van der Waals surface area contributed by atoms with Gasteiger partial charge >= 0.3 is 0 Å². The summed E-state index contributed by atoms with van der Waals surface area (Å²) < 4.78 is 0. The van der Waals surface area contributed by atoms with Crippen LogP contribution in [-0.2, 0) is 0 Å². The molecule has 0 unspecified atom stereocenters. The highest BCUT2D eigenvalue weighted by molar-refractivity contribution is 6.13. The fourth-order valence-corrected chi connectivity index (χ4v) is 1.20. The van der Waals surface area contributed by atoms with E-state index in [-0.39, 0.29) is 18.2 Å². The quantitative estimate of drug-likeness (QED) is 0.622. The van der Waals surface area contributed by atoms with Crippen LogP contribution in [0.5, 0.6) is 0 Å². The molecule has 12 heavy (non-hydrogen) atoms. The van der Waals surface area contributed by atoms with Crippen molar-refractivity contribution in [3.63, 3.8) is 0 Å². The van der Waals surface area contributed by atoms with Crippen LogP contribution in [0.2, 0.25) is 0 Å². The Morgan fingerprint density at radius 1 is 1.17 bits per heavy atom. The summed E-state index contributed by atoms with van der Waals surface area (Å²) in [7, 11) is 0. The summed E-state index contributed by atoms with van der Waals surface area (Å²) in [6.45, 7) is 0. The number of carbonyl (C=O) groups excluding carboxylic acids is 1. The van der Waals surface area contributed by atoms with Gasteiger partial charge in [-0.3, -0.25) is 4.79 Å². The molecule has 0 fully saturated rings. The Morgan fingerprint density at radius 2 is 1.92 bits per heavy atom. The van der Waals surface area contributed by atoms with Crippen molar-refractivity contribution < 1.29 is 4.79 Å². The van der Waals surface area contributed by atoms with Gasteiger partial charge in [-0.2, -0.15) is 0 Å². The van der Waals surface area contributed by atoms with Crippen molar-refractivity contribution >= 4 is 30.0 Å². The molecule has 0 atom stereocenters. The van der Waals surface area contributed by atoms with Gasteiger partial charge < -0.3 is 5.73 Å². The van der Waals surface area contributed by atoms with Gasteiger partial charge in [0.15, 0.2) is 5.78 Å². The first-order valence-electron chi connectivity index (χ1n) is 3.39. The van der Waals surface area contributed by atoms with E-state index in [2.05, 4.69) is 0 Å². The van der Waals surface area contributed by atoms with Crippen LogP contribution in [0, 0.1) is 0 Å². The third kappa shape index (κ3) is 1.21. The van der Waals surface area contributed by atoms with Crippen LogP contribution in [0.15, 0.2) is 24.3 Å². The van der Waals surface area contributed by atoms with E-state index < -0.39 is 0 Å². The molecule has 0 spiro atoms. The van der Waals surface area contributed by atoms with Crippen molar-refractivity contribution in [2.45, 2.75) is 0 Å². The second kappa shape index (κ2) is 2.99. The van der Waals surface area contributed by atoms with Gasteiger partial charge in [-0.15, -0.1) is 12.4 Å². The van der Waals surface area contributed by atoms with Crippen LogP contribution in [0.25, 0.3) is 6.08 Å². The molecule has 0 saturated carbocycles. The highest BCUT2D eigenvalue weighted by Gasteiger charge is 2.12. The molecule has 0 aliphatic heterocycles. The van der Waals surface area contributed by atoms with Gasteiger partial charge in [0.25, 0.3) is 0 Å². The molecule has 1 aliphatic rings. The minimum atomic E-state index is 0. The topological polar surface area (TPSA) is 43.1 Å². The molecule has 2 N–H and O–H groups in total. The maximum absolute atomic E-state index is 11.0. The molecule has 1 aromatic rings. The number of ketones is 1. The second-order valence-corrected chi connectivity index (χ2v) is 2.54. The molecule has 0 bridgehead atoms. The van der Waals surface area contributed by atoms with Gasteiger partial charge in [-0.25, -0.2) is 0 Å². The Morgan fingerprint density at radius 3 is 2.67 bits per heavy atom.